The van der Waals surface area contributed by atoms with Crippen LogP contribution in [-0.4, -0.2) is 50.4 Å². The summed E-state index contributed by atoms with van der Waals surface area (Å²) in [5.74, 6) is -0.634. The Labute approximate surface area is 153 Å². The highest BCUT2D eigenvalue weighted by atomic mass is 19.1. The van der Waals surface area contributed by atoms with Crippen molar-refractivity contribution in [1.82, 2.24) is 15.5 Å². The maximum Gasteiger partial charge on any atom is 0.251 e. The summed E-state index contributed by atoms with van der Waals surface area (Å²) in [6.45, 7) is 1.79. The van der Waals surface area contributed by atoms with E-state index in [9.17, 15) is 14.0 Å². The van der Waals surface area contributed by atoms with Crippen LogP contribution in [0.2, 0.25) is 0 Å². The number of carbonyl (C=O) groups is 2. The van der Waals surface area contributed by atoms with Crippen molar-refractivity contribution >= 4 is 11.8 Å². The fourth-order valence-electron chi connectivity index (χ4n) is 2.34. The zero-order chi connectivity index (χ0) is 18.9. The molecule has 26 heavy (non-hydrogen) atoms. The van der Waals surface area contributed by atoms with Gasteiger partial charge >= 0.3 is 0 Å². The van der Waals surface area contributed by atoms with Gasteiger partial charge in [0.05, 0.1) is 0 Å². The number of hydrogen-bond acceptors (Lipinski definition) is 3. The summed E-state index contributed by atoms with van der Waals surface area (Å²) in [6.07, 6.45) is 0.623. The van der Waals surface area contributed by atoms with Crippen LogP contribution in [0.25, 0.3) is 0 Å². The number of rotatable bonds is 8. The average molecular weight is 357 g/mol. The molecule has 2 N–H and O–H groups in total. The van der Waals surface area contributed by atoms with Gasteiger partial charge in [0.1, 0.15) is 5.82 Å². The summed E-state index contributed by atoms with van der Waals surface area (Å²) in [7, 11) is 3.88. The van der Waals surface area contributed by atoms with Crippen LogP contribution in [0.3, 0.4) is 0 Å². The van der Waals surface area contributed by atoms with Crippen LogP contribution >= 0.6 is 0 Å². The maximum absolute atomic E-state index is 12.9. The zero-order valence-corrected chi connectivity index (χ0v) is 15.1. The Hall–Kier alpha value is -2.73. The van der Waals surface area contributed by atoms with Crippen molar-refractivity contribution in [3.63, 3.8) is 0 Å². The van der Waals surface area contributed by atoms with Crippen molar-refractivity contribution in [1.29, 1.82) is 0 Å². The topological polar surface area (TPSA) is 61.4 Å². The molecule has 0 atom stereocenters. The van der Waals surface area contributed by atoms with E-state index in [1.165, 1.54) is 12.1 Å². The monoisotopic (exact) mass is 357 g/mol. The van der Waals surface area contributed by atoms with Gasteiger partial charge in [-0.25, -0.2) is 4.39 Å². The Balaban J connectivity index is 1.80. The molecule has 0 unspecified atom stereocenters. The molecule has 0 aliphatic carbocycles. The molecular formula is C20H24FN3O2. The molecule has 0 saturated heterocycles. The van der Waals surface area contributed by atoms with Gasteiger partial charge in [-0.2, -0.15) is 0 Å². The van der Waals surface area contributed by atoms with E-state index in [4.69, 9.17) is 0 Å². The molecule has 0 aromatic heterocycles. The van der Waals surface area contributed by atoms with E-state index in [2.05, 4.69) is 10.6 Å². The first-order valence-corrected chi connectivity index (χ1v) is 8.51. The van der Waals surface area contributed by atoms with Crippen LogP contribution in [0.4, 0.5) is 4.39 Å². The Bertz CT molecular complexity index is 728. The molecule has 2 amide bonds. The lowest BCUT2D eigenvalue weighted by molar-refractivity contribution is 0.0940. The second kappa shape index (κ2) is 9.68. The number of amides is 2. The van der Waals surface area contributed by atoms with Crippen LogP contribution in [0.15, 0.2) is 48.5 Å². The second-order valence-corrected chi connectivity index (χ2v) is 6.27. The quantitative estimate of drug-likeness (QED) is 0.761. The summed E-state index contributed by atoms with van der Waals surface area (Å²) < 4.78 is 12.9. The Morgan fingerprint density at radius 2 is 1.35 bits per heavy atom. The van der Waals surface area contributed by atoms with Crippen molar-refractivity contribution in [3.8, 4) is 0 Å². The zero-order valence-electron chi connectivity index (χ0n) is 15.1. The Morgan fingerprint density at radius 1 is 0.846 bits per heavy atom. The van der Waals surface area contributed by atoms with Crippen molar-refractivity contribution < 1.29 is 14.0 Å². The van der Waals surface area contributed by atoms with E-state index in [1.54, 1.807) is 36.4 Å². The highest BCUT2D eigenvalue weighted by Gasteiger charge is 2.08. The van der Waals surface area contributed by atoms with Crippen LogP contribution in [0, 0.1) is 5.82 Å². The minimum atomic E-state index is -0.274. The van der Waals surface area contributed by atoms with Crippen LogP contribution in [-0.2, 0) is 6.42 Å². The van der Waals surface area contributed by atoms with E-state index < -0.39 is 0 Å². The molecule has 0 aliphatic heterocycles. The number of nitrogens with zero attached hydrogens (tertiary/aromatic N) is 1. The Kier molecular flexibility index (Phi) is 7.29. The summed E-state index contributed by atoms with van der Waals surface area (Å²) in [6, 6.07) is 12.7. The molecule has 2 rings (SSSR count). The van der Waals surface area contributed by atoms with Crippen LogP contribution in [0.1, 0.15) is 26.3 Å². The SMILES string of the molecule is CN(C)CCNC(=O)c1ccc(C(=O)NCCc2ccc(F)cc2)cc1. The fraction of sp³-hybridized carbons (Fsp3) is 0.300. The molecule has 0 bridgehead atoms. The molecule has 0 aliphatic rings. The molecule has 6 heteroatoms. The van der Waals surface area contributed by atoms with E-state index in [1.807, 2.05) is 19.0 Å². The van der Waals surface area contributed by atoms with E-state index >= 15 is 0 Å². The molecular weight excluding hydrogens is 333 g/mol. The van der Waals surface area contributed by atoms with Crippen LogP contribution in [0.5, 0.6) is 0 Å². The first kappa shape index (κ1) is 19.6. The summed E-state index contributed by atoms with van der Waals surface area (Å²) in [5, 5.41) is 5.65. The third kappa shape index (κ3) is 6.29. The van der Waals surface area contributed by atoms with Gasteiger partial charge < -0.3 is 15.5 Å². The number of likely N-dealkylation sites (N-methyl/N-ethyl adjacent to an activating group) is 1. The highest BCUT2D eigenvalue weighted by molar-refractivity contribution is 5.97. The van der Waals surface area contributed by atoms with Gasteiger partial charge in [-0.1, -0.05) is 12.1 Å². The third-order valence-electron chi connectivity index (χ3n) is 3.87. The van der Waals surface area contributed by atoms with Gasteiger partial charge in [-0.05, 0) is 62.5 Å². The molecule has 0 heterocycles. The van der Waals surface area contributed by atoms with Crippen molar-refractivity contribution in [3.05, 3.63) is 71.0 Å². The molecule has 138 valence electrons. The molecule has 0 radical (unpaired) electrons. The van der Waals surface area contributed by atoms with Gasteiger partial charge in [-0.15, -0.1) is 0 Å². The predicted molar refractivity (Wildman–Crippen MR) is 99.8 cm³/mol. The first-order valence-electron chi connectivity index (χ1n) is 8.51. The minimum absolute atomic E-state index is 0.157. The second-order valence-electron chi connectivity index (χ2n) is 6.27. The fourth-order valence-corrected chi connectivity index (χ4v) is 2.34. The van der Waals surface area contributed by atoms with Crippen molar-refractivity contribution in [2.45, 2.75) is 6.42 Å². The average Bonchev–Trinajstić information content (AvgIpc) is 2.63. The van der Waals surface area contributed by atoms with Gasteiger partial charge in [0.25, 0.3) is 11.8 Å². The summed E-state index contributed by atoms with van der Waals surface area (Å²) in [4.78, 5) is 26.1. The van der Waals surface area contributed by atoms with Gasteiger partial charge in [0.15, 0.2) is 0 Å². The smallest absolute Gasteiger partial charge is 0.251 e. The number of benzene rings is 2. The van der Waals surface area contributed by atoms with Gasteiger partial charge in [0, 0.05) is 30.8 Å². The number of hydrogen-bond donors (Lipinski definition) is 2. The van der Waals surface area contributed by atoms with Crippen LogP contribution < -0.4 is 10.6 Å². The largest absolute Gasteiger partial charge is 0.352 e. The number of carbonyl (C=O) groups excluding carboxylic acids is 2. The normalized spacial score (nSPS) is 10.6. The summed E-state index contributed by atoms with van der Waals surface area (Å²) >= 11 is 0. The molecule has 2 aromatic rings. The molecule has 0 spiro atoms. The van der Waals surface area contributed by atoms with Gasteiger partial charge in [-0.3, -0.25) is 9.59 Å². The standard InChI is InChI=1S/C20H24FN3O2/c1-24(2)14-13-23-20(26)17-7-5-16(6-8-17)19(25)22-12-11-15-3-9-18(21)10-4-15/h3-10H,11-14H2,1-2H3,(H,22,25)(H,23,26). The molecule has 0 saturated carbocycles. The molecule has 2 aromatic carbocycles. The van der Waals surface area contributed by atoms with E-state index in [0.29, 0.717) is 30.6 Å². The molecule has 5 nitrogen and oxygen atoms in total. The first-order chi connectivity index (χ1) is 12.5. The lowest BCUT2D eigenvalue weighted by Gasteiger charge is -2.10. The van der Waals surface area contributed by atoms with E-state index in [0.717, 1.165) is 12.1 Å². The third-order valence-corrected chi connectivity index (χ3v) is 3.87. The molecule has 0 fully saturated rings. The predicted octanol–water partition coefficient (Wildman–Crippen LogP) is 2.09. The van der Waals surface area contributed by atoms with Crippen molar-refractivity contribution in [2.75, 3.05) is 33.7 Å². The lowest BCUT2D eigenvalue weighted by Crippen LogP contribution is -2.31. The maximum atomic E-state index is 12.9. The number of halogens is 1. The number of nitrogens with one attached hydrogen (secondary N) is 2. The highest BCUT2D eigenvalue weighted by Crippen LogP contribution is 2.06. The minimum Gasteiger partial charge on any atom is -0.352 e. The van der Waals surface area contributed by atoms with E-state index in [-0.39, 0.29) is 17.6 Å². The Morgan fingerprint density at radius 3 is 1.85 bits per heavy atom. The van der Waals surface area contributed by atoms with Crippen molar-refractivity contribution in [2.24, 2.45) is 0 Å². The van der Waals surface area contributed by atoms with Gasteiger partial charge in [0.2, 0.25) is 0 Å². The lowest BCUT2D eigenvalue weighted by atomic mass is 10.1. The summed E-state index contributed by atoms with van der Waals surface area (Å²) in [5.41, 5.74) is 1.97.